The Morgan fingerprint density at radius 3 is 2.28 bits per heavy atom. The molecule has 0 bridgehead atoms. The Hall–Kier alpha value is -1.13. The van der Waals surface area contributed by atoms with E-state index in [4.69, 9.17) is 5.26 Å². The molecule has 0 aromatic carbocycles. The van der Waals surface area contributed by atoms with E-state index in [1.165, 1.54) is 6.92 Å². The van der Waals surface area contributed by atoms with Crippen molar-refractivity contribution in [2.75, 3.05) is 6.54 Å². The van der Waals surface area contributed by atoms with Crippen LogP contribution in [0.5, 0.6) is 0 Å². The van der Waals surface area contributed by atoms with Gasteiger partial charge in [0, 0.05) is 6.54 Å². The molecule has 0 aliphatic carbocycles. The molecule has 0 radical (unpaired) electrons. The highest BCUT2D eigenvalue weighted by Crippen LogP contribution is 2.04. The molecule has 1 amide bonds. The van der Waals surface area contributed by atoms with Crippen molar-refractivity contribution in [1.29, 1.82) is 5.26 Å². The summed E-state index contributed by atoms with van der Waals surface area (Å²) in [6.07, 6.45) is 0.187. The van der Waals surface area contributed by atoms with Gasteiger partial charge in [-0.1, -0.05) is 20.8 Å². The molecule has 104 valence electrons. The number of carbonyl (C=O) groups is 1. The van der Waals surface area contributed by atoms with Crippen molar-refractivity contribution in [3.05, 3.63) is 0 Å². The third kappa shape index (κ3) is 5.47. The predicted molar refractivity (Wildman–Crippen MR) is 69.1 cm³/mol. The quantitative estimate of drug-likeness (QED) is 0.701. The number of amides is 1. The molecule has 0 heterocycles. The first-order valence-corrected chi connectivity index (χ1v) is 7.47. The highest BCUT2D eigenvalue weighted by atomic mass is 32.2. The molecule has 0 saturated heterocycles. The number of carbonyl (C=O) groups excluding carboxylic acids is 1. The fourth-order valence-electron chi connectivity index (χ4n) is 1.22. The smallest absolute Gasteiger partial charge is 0.237 e. The van der Waals surface area contributed by atoms with Crippen LogP contribution in [0.4, 0.5) is 0 Å². The lowest BCUT2D eigenvalue weighted by molar-refractivity contribution is -0.122. The van der Waals surface area contributed by atoms with E-state index in [1.54, 1.807) is 13.0 Å². The normalized spacial score (nSPS) is 14.9. The van der Waals surface area contributed by atoms with E-state index in [0.29, 0.717) is 12.5 Å². The zero-order valence-electron chi connectivity index (χ0n) is 11.2. The predicted octanol–water partition coefficient (Wildman–Crippen LogP) is 0.369. The van der Waals surface area contributed by atoms with Gasteiger partial charge in [-0.2, -0.15) is 5.26 Å². The standard InChI is InChI=1S/C11H21N3O3S/c1-5-10(6-12)18(16,17)14-9(4)11(15)13-7-8(2)3/h8-10,14H,5,7H2,1-4H3,(H,13,15). The average molecular weight is 275 g/mol. The second-order valence-electron chi connectivity index (χ2n) is 4.55. The molecular weight excluding hydrogens is 254 g/mol. The SMILES string of the molecule is CCC(C#N)S(=O)(=O)NC(C)C(=O)NCC(C)C. The number of nitrogens with zero attached hydrogens (tertiary/aromatic N) is 1. The van der Waals surface area contributed by atoms with Crippen molar-refractivity contribution in [3.63, 3.8) is 0 Å². The van der Waals surface area contributed by atoms with Crippen LogP contribution in [-0.4, -0.2) is 32.2 Å². The van der Waals surface area contributed by atoms with Crippen LogP contribution in [0.25, 0.3) is 0 Å². The minimum Gasteiger partial charge on any atom is -0.354 e. The Bertz CT molecular complexity index is 412. The lowest BCUT2D eigenvalue weighted by atomic mass is 10.2. The fourth-order valence-corrected chi connectivity index (χ4v) is 2.56. The highest BCUT2D eigenvalue weighted by molar-refractivity contribution is 7.90. The number of rotatable bonds is 7. The van der Waals surface area contributed by atoms with Crippen LogP contribution >= 0.6 is 0 Å². The number of sulfonamides is 1. The molecule has 0 saturated carbocycles. The minimum atomic E-state index is -3.78. The highest BCUT2D eigenvalue weighted by Gasteiger charge is 2.27. The molecule has 0 rings (SSSR count). The molecule has 2 unspecified atom stereocenters. The molecule has 0 aromatic rings. The van der Waals surface area contributed by atoms with Crippen LogP contribution in [0.15, 0.2) is 0 Å². The van der Waals surface area contributed by atoms with Crippen molar-refractivity contribution in [2.24, 2.45) is 5.92 Å². The molecule has 0 aromatic heterocycles. The van der Waals surface area contributed by atoms with Gasteiger partial charge in [0.05, 0.1) is 12.1 Å². The van der Waals surface area contributed by atoms with E-state index in [9.17, 15) is 13.2 Å². The van der Waals surface area contributed by atoms with E-state index in [1.807, 2.05) is 13.8 Å². The van der Waals surface area contributed by atoms with Crippen LogP contribution in [0.1, 0.15) is 34.1 Å². The molecule has 6 nitrogen and oxygen atoms in total. The summed E-state index contributed by atoms with van der Waals surface area (Å²) in [7, 11) is -3.78. The van der Waals surface area contributed by atoms with Gasteiger partial charge in [0.15, 0.2) is 5.25 Å². The number of hydrogen-bond acceptors (Lipinski definition) is 4. The number of nitrogens with one attached hydrogen (secondary N) is 2. The third-order valence-electron chi connectivity index (χ3n) is 2.31. The molecule has 18 heavy (non-hydrogen) atoms. The summed E-state index contributed by atoms with van der Waals surface area (Å²) in [6.45, 7) is 7.43. The van der Waals surface area contributed by atoms with Crippen LogP contribution in [0, 0.1) is 17.2 Å². The summed E-state index contributed by atoms with van der Waals surface area (Å²) in [5, 5.41) is 10.2. The summed E-state index contributed by atoms with van der Waals surface area (Å²) < 4.78 is 25.7. The molecule has 0 aliphatic rings. The van der Waals surface area contributed by atoms with Crippen molar-refractivity contribution < 1.29 is 13.2 Å². The first-order chi connectivity index (χ1) is 8.24. The Morgan fingerprint density at radius 2 is 1.89 bits per heavy atom. The topological polar surface area (TPSA) is 99.1 Å². The zero-order valence-corrected chi connectivity index (χ0v) is 12.0. The summed E-state index contributed by atoms with van der Waals surface area (Å²) in [4.78, 5) is 11.6. The van der Waals surface area contributed by atoms with Gasteiger partial charge in [-0.15, -0.1) is 0 Å². The first-order valence-electron chi connectivity index (χ1n) is 5.93. The maximum atomic E-state index is 11.7. The van der Waals surface area contributed by atoms with Gasteiger partial charge < -0.3 is 5.32 Å². The molecule has 0 fully saturated rings. The molecular formula is C11H21N3O3S. The Labute approximate surface area is 109 Å². The van der Waals surface area contributed by atoms with Crippen molar-refractivity contribution in [3.8, 4) is 6.07 Å². The van der Waals surface area contributed by atoms with E-state index < -0.39 is 21.3 Å². The van der Waals surface area contributed by atoms with E-state index in [0.717, 1.165) is 0 Å². The summed E-state index contributed by atoms with van der Waals surface area (Å²) in [5.74, 6) is -0.0969. The zero-order chi connectivity index (χ0) is 14.3. The summed E-state index contributed by atoms with van der Waals surface area (Å²) >= 11 is 0. The maximum Gasteiger partial charge on any atom is 0.237 e. The molecule has 0 aliphatic heterocycles. The van der Waals surface area contributed by atoms with Gasteiger partial charge in [-0.05, 0) is 19.3 Å². The van der Waals surface area contributed by atoms with Gasteiger partial charge in [0.2, 0.25) is 15.9 Å². The Kier molecular flexibility index (Phi) is 6.88. The molecule has 7 heteroatoms. The van der Waals surface area contributed by atoms with Crippen LogP contribution < -0.4 is 10.0 Å². The second kappa shape index (κ2) is 7.34. The van der Waals surface area contributed by atoms with Crippen LogP contribution in [0.3, 0.4) is 0 Å². The lowest BCUT2D eigenvalue weighted by Gasteiger charge is -2.16. The van der Waals surface area contributed by atoms with E-state index >= 15 is 0 Å². The van der Waals surface area contributed by atoms with Crippen molar-refractivity contribution in [2.45, 2.75) is 45.4 Å². The second-order valence-corrected chi connectivity index (χ2v) is 6.44. The number of nitriles is 1. The summed E-state index contributed by atoms with van der Waals surface area (Å²) in [6, 6.07) is 0.826. The summed E-state index contributed by atoms with van der Waals surface area (Å²) in [5.41, 5.74) is 0. The van der Waals surface area contributed by atoms with E-state index in [-0.39, 0.29) is 12.3 Å². The Balaban J connectivity index is 4.52. The van der Waals surface area contributed by atoms with Crippen LogP contribution in [0.2, 0.25) is 0 Å². The van der Waals surface area contributed by atoms with E-state index in [2.05, 4.69) is 10.0 Å². The molecule has 2 N–H and O–H groups in total. The van der Waals surface area contributed by atoms with Crippen molar-refractivity contribution in [1.82, 2.24) is 10.0 Å². The molecule has 0 spiro atoms. The van der Waals surface area contributed by atoms with Gasteiger partial charge in [0.1, 0.15) is 0 Å². The van der Waals surface area contributed by atoms with Gasteiger partial charge >= 0.3 is 0 Å². The average Bonchev–Trinajstić information content (AvgIpc) is 2.26. The number of hydrogen-bond donors (Lipinski definition) is 2. The fraction of sp³-hybridized carbons (Fsp3) is 0.818. The Morgan fingerprint density at radius 1 is 1.33 bits per heavy atom. The minimum absolute atomic E-state index is 0.187. The van der Waals surface area contributed by atoms with Crippen LogP contribution in [-0.2, 0) is 14.8 Å². The van der Waals surface area contributed by atoms with Gasteiger partial charge in [0.25, 0.3) is 0 Å². The largest absolute Gasteiger partial charge is 0.354 e. The molecule has 2 atom stereocenters. The third-order valence-corrected chi connectivity index (χ3v) is 4.18. The maximum absolute atomic E-state index is 11.7. The lowest BCUT2D eigenvalue weighted by Crippen LogP contribution is -2.48. The van der Waals surface area contributed by atoms with Gasteiger partial charge in [-0.3, -0.25) is 4.79 Å². The van der Waals surface area contributed by atoms with Gasteiger partial charge in [-0.25, -0.2) is 13.1 Å². The van der Waals surface area contributed by atoms with Crippen molar-refractivity contribution >= 4 is 15.9 Å². The first kappa shape index (κ1) is 16.9. The monoisotopic (exact) mass is 275 g/mol.